The maximum Gasteiger partial charge on any atom is 0.328 e. The number of imide groups is 1. The average molecular weight is 262 g/mol. The van der Waals surface area contributed by atoms with Crippen LogP contribution in [-0.2, 0) is 4.79 Å². The number of carbonyl (C=O) groups excluding carboxylic acids is 2. The van der Waals surface area contributed by atoms with Gasteiger partial charge in [0, 0.05) is 7.05 Å². The third-order valence-corrected chi connectivity index (χ3v) is 2.68. The molecule has 1 heterocycles. The standard InChI is InChI=1S/C13H14N2O4/c1-3-19-11-7-8(4-5-10(11)16)6-9-12(17)15(2)13(18)14-9/h4-7,16H,3H2,1-2H3,(H,14,18)/b9-6+. The molecule has 0 radical (unpaired) electrons. The largest absolute Gasteiger partial charge is 0.504 e. The number of benzene rings is 1. The van der Waals surface area contributed by atoms with Crippen LogP contribution in [0.2, 0.25) is 0 Å². The minimum Gasteiger partial charge on any atom is -0.504 e. The van der Waals surface area contributed by atoms with Gasteiger partial charge in [-0.25, -0.2) is 4.79 Å². The van der Waals surface area contributed by atoms with E-state index in [1.807, 2.05) is 0 Å². The Labute approximate surface area is 110 Å². The van der Waals surface area contributed by atoms with Crippen LogP contribution in [0.25, 0.3) is 6.08 Å². The summed E-state index contributed by atoms with van der Waals surface area (Å²) in [5, 5.41) is 12.0. The Morgan fingerprint density at radius 1 is 1.42 bits per heavy atom. The van der Waals surface area contributed by atoms with Gasteiger partial charge in [0.2, 0.25) is 0 Å². The van der Waals surface area contributed by atoms with Crippen LogP contribution in [-0.4, -0.2) is 35.6 Å². The summed E-state index contributed by atoms with van der Waals surface area (Å²) in [6.45, 7) is 2.23. The fourth-order valence-corrected chi connectivity index (χ4v) is 1.68. The quantitative estimate of drug-likeness (QED) is 0.636. The van der Waals surface area contributed by atoms with Crippen molar-refractivity contribution >= 4 is 18.0 Å². The van der Waals surface area contributed by atoms with Crippen molar-refractivity contribution in [2.45, 2.75) is 6.92 Å². The summed E-state index contributed by atoms with van der Waals surface area (Å²) in [6, 6.07) is 4.24. The second kappa shape index (κ2) is 5.01. The van der Waals surface area contributed by atoms with Crippen molar-refractivity contribution in [3.8, 4) is 11.5 Å². The smallest absolute Gasteiger partial charge is 0.328 e. The molecule has 0 saturated carbocycles. The summed E-state index contributed by atoms with van der Waals surface area (Å²) in [5.41, 5.74) is 0.848. The second-order valence-corrected chi connectivity index (χ2v) is 4.01. The Kier molecular flexibility index (Phi) is 3.41. The third-order valence-electron chi connectivity index (χ3n) is 2.68. The summed E-state index contributed by atoms with van der Waals surface area (Å²) < 4.78 is 5.25. The van der Waals surface area contributed by atoms with Gasteiger partial charge in [-0.15, -0.1) is 0 Å². The zero-order chi connectivity index (χ0) is 14.0. The van der Waals surface area contributed by atoms with Crippen molar-refractivity contribution in [3.63, 3.8) is 0 Å². The van der Waals surface area contributed by atoms with Crippen LogP contribution in [0.15, 0.2) is 23.9 Å². The minimum atomic E-state index is -0.458. The lowest BCUT2D eigenvalue weighted by molar-refractivity contribution is -0.121. The molecule has 1 aromatic rings. The molecule has 0 bridgehead atoms. The second-order valence-electron chi connectivity index (χ2n) is 4.01. The number of likely N-dealkylation sites (N-methyl/N-ethyl adjacent to an activating group) is 1. The van der Waals surface area contributed by atoms with Gasteiger partial charge in [0.1, 0.15) is 5.70 Å². The highest BCUT2D eigenvalue weighted by atomic mass is 16.5. The van der Waals surface area contributed by atoms with Gasteiger partial charge >= 0.3 is 6.03 Å². The van der Waals surface area contributed by atoms with Crippen LogP contribution in [0.1, 0.15) is 12.5 Å². The highest BCUT2D eigenvalue weighted by molar-refractivity contribution is 6.13. The van der Waals surface area contributed by atoms with E-state index in [2.05, 4.69) is 5.32 Å². The van der Waals surface area contributed by atoms with E-state index in [0.717, 1.165) is 4.90 Å². The molecule has 1 aliphatic rings. The summed E-state index contributed by atoms with van der Waals surface area (Å²) in [6.07, 6.45) is 1.53. The molecule has 0 spiro atoms. The Balaban J connectivity index is 2.31. The van der Waals surface area contributed by atoms with Crippen LogP contribution in [0.5, 0.6) is 11.5 Å². The first-order chi connectivity index (χ1) is 9.02. The minimum absolute atomic E-state index is 0.0305. The first kappa shape index (κ1) is 12.9. The molecule has 1 aromatic carbocycles. The number of carbonyl (C=O) groups is 2. The molecular weight excluding hydrogens is 248 g/mol. The van der Waals surface area contributed by atoms with Gasteiger partial charge in [0.25, 0.3) is 5.91 Å². The van der Waals surface area contributed by atoms with E-state index >= 15 is 0 Å². The van der Waals surface area contributed by atoms with E-state index < -0.39 is 11.9 Å². The number of nitrogens with one attached hydrogen (secondary N) is 1. The average Bonchev–Trinajstić information content (AvgIpc) is 2.62. The summed E-state index contributed by atoms with van der Waals surface area (Å²) in [7, 11) is 1.40. The molecule has 0 unspecified atom stereocenters. The number of rotatable bonds is 3. The molecule has 1 aliphatic heterocycles. The summed E-state index contributed by atoms with van der Waals surface area (Å²) in [5.74, 6) is -0.0269. The van der Waals surface area contributed by atoms with Gasteiger partial charge in [-0.1, -0.05) is 6.07 Å². The zero-order valence-electron chi connectivity index (χ0n) is 10.6. The first-order valence-electron chi connectivity index (χ1n) is 5.79. The molecule has 3 amide bonds. The number of phenols is 1. The highest BCUT2D eigenvalue weighted by Gasteiger charge is 2.29. The van der Waals surface area contributed by atoms with Gasteiger partial charge < -0.3 is 15.2 Å². The molecule has 19 heavy (non-hydrogen) atoms. The lowest BCUT2D eigenvalue weighted by Gasteiger charge is -2.06. The number of amides is 3. The molecule has 6 nitrogen and oxygen atoms in total. The molecule has 0 aliphatic carbocycles. The number of hydrogen-bond donors (Lipinski definition) is 2. The van der Waals surface area contributed by atoms with Crippen molar-refractivity contribution in [1.82, 2.24) is 10.2 Å². The Hall–Kier alpha value is -2.50. The number of aromatic hydroxyl groups is 1. The van der Waals surface area contributed by atoms with E-state index in [1.165, 1.54) is 19.2 Å². The van der Waals surface area contributed by atoms with Gasteiger partial charge in [-0.05, 0) is 30.7 Å². The lowest BCUT2D eigenvalue weighted by Crippen LogP contribution is -2.25. The van der Waals surface area contributed by atoms with Crippen molar-refractivity contribution in [2.75, 3.05) is 13.7 Å². The molecule has 2 N–H and O–H groups in total. The number of ether oxygens (including phenoxy) is 1. The predicted octanol–water partition coefficient (Wildman–Crippen LogP) is 1.31. The van der Waals surface area contributed by atoms with Crippen molar-refractivity contribution in [2.24, 2.45) is 0 Å². The first-order valence-corrected chi connectivity index (χ1v) is 5.79. The topological polar surface area (TPSA) is 78.9 Å². The number of hydrogen-bond acceptors (Lipinski definition) is 4. The molecule has 2 rings (SSSR count). The van der Waals surface area contributed by atoms with Crippen LogP contribution in [0, 0.1) is 0 Å². The highest BCUT2D eigenvalue weighted by Crippen LogP contribution is 2.28. The van der Waals surface area contributed by atoms with Crippen LogP contribution >= 0.6 is 0 Å². The van der Waals surface area contributed by atoms with E-state index in [-0.39, 0.29) is 11.4 Å². The normalized spacial score (nSPS) is 16.9. The van der Waals surface area contributed by atoms with Gasteiger partial charge in [0.15, 0.2) is 11.5 Å². The molecule has 100 valence electrons. The Morgan fingerprint density at radius 2 is 2.16 bits per heavy atom. The predicted molar refractivity (Wildman–Crippen MR) is 68.6 cm³/mol. The number of urea groups is 1. The van der Waals surface area contributed by atoms with E-state index in [1.54, 1.807) is 19.1 Å². The number of phenolic OH excluding ortho intramolecular Hbond substituents is 1. The Bertz CT molecular complexity index is 566. The summed E-state index contributed by atoms with van der Waals surface area (Å²) in [4.78, 5) is 24.0. The van der Waals surface area contributed by atoms with Crippen LogP contribution < -0.4 is 10.1 Å². The fraction of sp³-hybridized carbons (Fsp3) is 0.231. The third kappa shape index (κ3) is 2.52. The van der Waals surface area contributed by atoms with E-state index in [4.69, 9.17) is 4.74 Å². The van der Waals surface area contributed by atoms with Gasteiger partial charge in [-0.3, -0.25) is 9.69 Å². The fourth-order valence-electron chi connectivity index (χ4n) is 1.68. The van der Waals surface area contributed by atoms with Crippen LogP contribution in [0.3, 0.4) is 0 Å². The van der Waals surface area contributed by atoms with Crippen LogP contribution in [0.4, 0.5) is 4.79 Å². The van der Waals surface area contributed by atoms with Gasteiger partial charge in [-0.2, -0.15) is 0 Å². The maximum absolute atomic E-state index is 11.7. The molecular formula is C13H14N2O4. The molecule has 1 saturated heterocycles. The number of nitrogens with zero attached hydrogens (tertiary/aromatic N) is 1. The molecule has 6 heteroatoms. The molecule has 0 atom stereocenters. The molecule has 0 aromatic heterocycles. The Morgan fingerprint density at radius 3 is 2.74 bits per heavy atom. The zero-order valence-corrected chi connectivity index (χ0v) is 10.6. The van der Waals surface area contributed by atoms with E-state index in [0.29, 0.717) is 17.9 Å². The molecule has 1 fully saturated rings. The van der Waals surface area contributed by atoms with E-state index in [9.17, 15) is 14.7 Å². The van der Waals surface area contributed by atoms with Crippen molar-refractivity contribution in [1.29, 1.82) is 0 Å². The summed E-state index contributed by atoms with van der Waals surface area (Å²) >= 11 is 0. The SMILES string of the molecule is CCOc1cc(/C=C2/NC(=O)N(C)C2=O)ccc1O. The maximum atomic E-state index is 11.7. The monoisotopic (exact) mass is 262 g/mol. The van der Waals surface area contributed by atoms with Crippen molar-refractivity contribution < 1.29 is 19.4 Å². The van der Waals surface area contributed by atoms with Crippen molar-refractivity contribution in [3.05, 3.63) is 29.5 Å². The van der Waals surface area contributed by atoms with Gasteiger partial charge in [0.05, 0.1) is 6.61 Å². The lowest BCUT2D eigenvalue weighted by atomic mass is 10.1.